The van der Waals surface area contributed by atoms with Crippen molar-refractivity contribution in [2.75, 3.05) is 0 Å². The van der Waals surface area contributed by atoms with Crippen LogP contribution in [-0.2, 0) is 4.79 Å². The Balaban J connectivity index is 6.85. The maximum Gasteiger partial charge on any atom is 0.331 e. The lowest BCUT2D eigenvalue weighted by atomic mass is 9.92. The number of aliphatic carboxylic acids is 1. The van der Waals surface area contributed by atoms with Gasteiger partial charge >= 0.3 is 5.97 Å². The monoisotopic (exact) mass is 790 g/mol. The van der Waals surface area contributed by atoms with E-state index in [1.54, 1.807) is 0 Å². The van der Waals surface area contributed by atoms with E-state index in [0.29, 0.717) is 0 Å². The molecule has 1 unspecified atom stereocenters. The van der Waals surface area contributed by atoms with Crippen molar-refractivity contribution in [1.29, 1.82) is 0 Å². The summed E-state index contributed by atoms with van der Waals surface area (Å²) < 4.78 is -23.2. The predicted molar refractivity (Wildman–Crippen MR) is 147 cm³/mol. The molecule has 0 heterocycles. The van der Waals surface area contributed by atoms with Crippen molar-refractivity contribution in [3.05, 3.63) is 12.2 Å². The van der Waals surface area contributed by atoms with Crippen LogP contribution in [0, 0.1) is 5.92 Å². The molecular weight excluding hydrogens is 791 g/mol. The van der Waals surface area contributed by atoms with Gasteiger partial charge < -0.3 is 5.11 Å². The van der Waals surface area contributed by atoms with Crippen LogP contribution >= 0.6 is 197 Å². The first-order chi connectivity index (χ1) is 13.5. The third kappa shape index (κ3) is 5.70. The summed E-state index contributed by atoms with van der Waals surface area (Å²) >= 11 is 104. The maximum absolute atomic E-state index is 11.3. The smallest absolute Gasteiger partial charge is 0.331 e. The van der Waals surface area contributed by atoms with Crippen LogP contribution in [-0.4, -0.2) is 45.2 Å². The van der Waals surface area contributed by atoms with E-state index in [1.807, 2.05) is 0 Å². The summed E-state index contributed by atoms with van der Waals surface area (Å²) in [4.78, 5) is 11.3. The summed E-state index contributed by atoms with van der Waals surface area (Å²) in [6.07, 6.45) is 0. The Kier molecular flexibility index (Phi) is 12.4. The fraction of sp³-hybridized carbons (Fsp3) is 0.769. The predicted octanol–water partition coefficient (Wildman–Crippen LogP) is 10.9. The first-order valence-electron chi connectivity index (χ1n) is 7.15. The van der Waals surface area contributed by atoms with E-state index in [9.17, 15) is 9.90 Å². The molecule has 0 aliphatic rings. The van der Waals surface area contributed by atoms with Gasteiger partial charge in [-0.3, -0.25) is 0 Å². The number of rotatable bonds is 9. The number of carboxylic acids is 1. The second kappa shape index (κ2) is 11.0. The molecule has 0 aromatic heterocycles. The highest BCUT2D eigenvalue weighted by Crippen LogP contribution is 2.73. The molecule has 2 nitrogen and oxygen atoms in total. The van der Waals surface area contributed by atoms with E-state index in [0.717, 1.165) is 0 Å². The van der Waals surface area contributed by atoms with E-state index in [1.165, 1.54) is 6.92 Å². The zero-order valence-electron chi connectivity index (χ0n) is 14.6. The maximum atomic E-state index is 11.3. The lowest BCUT2D eigenvalue weighted by Crippen LogP contribution is -2.70. The molecule has 0 fully saturated rings. The van der Waals surface area contributed by atoms with Gasteiger partial charge in [-0.25, -0.2) is 4.79 Å². The van der Waals surface area contributed by atoms with Crippen LogP contribution in [0.4, 0.5) is 0 Å². The highest BCUT2D eigenvalue weighted by atomic mass is 35.6. The molecule has 190 valence electrons. The number of carbonyl (C=O) groups is 1. The molecular formula is C13H7Cl17O2. The largest absolute Gasteiger partial charge is 0.478 e. The van der Waals surface area contributed by atoms with Gasteiger partial charge in [-0.2, -0.15) is 0 Å². The van der Waals surface area contributed by atoms with Gasteiger partial charge in [0.2, 0.25) is 8.13 Å². The summed E-state index contributed by atoms with van der Waals surface area (Å²) in [6, 6.07) is 0. The van der Waals surface area contributed by atoms with Crippen LogP contribution in [0.2, 0.25) is 0 Å². The van der Waals surface area contributed by atoms with Gasteiger partial charge in [0.05, 0.1) is 0 Å². The average molecular weight is 798 g/mol. The molecule has 0 saturated heterocycles. The van der Waals surface area contributed by atoms with Crippen LogP contribution in [0.15, 0.2) is 12.2 Å². The van der Waals surface area contributed by atoms with Crippen molar-refractivity contribution in [2.24, 2.45) is 5.92 Å². The van der Waals surface area contributed by atoms with Gasteiger partial charge in [0.25, 0.3) is 0 Å². The van der Waals surface area contributed by atoms with Gasteiger partial charge in [-0.15, -0.1) is 0 Å². The van der Waals surface area contributed by atoms with E-state index < -0.39 is 51.6 Å². The van der Waals surface area contributed by atoms with Crippen molar-refractivity contribution in [3.63, 3.8) is 0 Å². The molecule has 0 amide bonds. The van der Waals surface area contributed by atoms with Crippen molar-refractivity contribution in [3.8, 4) is 0 Å². The van der Waals surface area contributed by atoms with Crippen LogP contribution in [0.3, 0.4) is 0 Å². The van der Waals surface area contributed by atoms with Gasteiger partial charge in [-0.1, -0.05) is 211 Å². The third-order valence-electron chi connectivity index (χ3n) is 4.09. The number of halogens is 17. The molecule has 1 N–H and O–H groups in total. The first kappa shape index (κ1) is 36.1. The molecule has 0 bridgehead atoms. The number of alkyl halides is 17. The number of hydrogen-bond acceptors (Lipinski definition) is 1. The summed E-state index contributed by atoms with van der Waals surface area (Å²) in [5.41, 5.74) is -0.552. The van der Waals surface area contributed by atoms with Crippen molar-refractivity contribution < 1.29 is 9.90 Å². The molecule has 32 heavy (non-hydrogen) atoms. The standard InChI is InChI=1S/C13H7Cl17O2/c1-3(5(31)32)4(2)6(14,15)7(16,17)8(18,19)9(20,21)10(22,23)11(24,25)12(26,27)13(28,29)30/h4H,1H2,2H3,(H,31,32). The zero-order valence-corrected chi connectivity index (χ0v) is 27.4. The Hall–Kier alpha value is 4.14. The molecule has 0 aromatic carbocycles. The van der Waals surface area contributed by atoms with Gasteiger partial charge in [0.1, 0.15) is 0 Å². The van der Waals surface area contributed by atoms with Gasteiger partial charge in [0.15, 0.2) is 26.0 Å². The van der Waals surface area contributed by atoms with Crippen LogP contribution < -0.4 is 0 Å². The highest BCUT2D eigenvalue weighted by Gasteiger charge is 2.81. The molecule has 0 radical (unpaired) electrons. The van der Waals surface area contributed by atoms with Crippen LogP contribution in [0.1, 0.15) is 6.92 Å². The molecule has 0 spiro atoms. The van der Waals surface area contributed by atoms with E-state index in [-0.39, 0.29) is 0 Å². The topological polar surface area (TPSA) is 37.3 Å². The van der Waals surface area contributed by atoms with Crippen molar-refractivity contribution in [1.82, 2.24) is 0 Å². The van der Waals surface area contributed by atoms with Crippen LogP contribution in [0.5, 0.6) is 0 Å². The van der Waals surface area contributed by atoms with Crippen LogP contribution in [0.25, 0.3) is 0 Å². The van der Waals surface area contributed by atoms with E-state index >= 15 is 0 Å². The molecule has 1 atom stereocenters. The summed E-state index contributed by atoms with van der Waals surface area (Å²) in [5.74, 6) is -2.94. The number of hydrogen-bond donors (Lipinski definition) is 1. The lowest BCUT2D eigenvalue weighted by Gasteiger charge is -2.54. The fourth-order valence-electron chi connectivity index (χ4n) is 1.85. The van der Waals surface area contributed by atoms with E-state index in [4.69, 9.17) is 197 Å². The van der Waals surface area contributed by atoms with Gasteiger partial charge in [0, 0.05) is 11.5 Å². The molecule has 0 aliphatic heterocycles. The summed E-state index contributed by atoms with van der Waals surface area (Å²) in [7, 11) is 0. The second-order valence-electron chi connectivity index (χ2n) is 6.12. The third-order valence-corrected chi connectivity index (χ3v) is 15.9. The van der Waals surface area contributed by atoms with Gasteiger partial charge in [-0.05, 0) is 0 Å². The summed E-state index contributed by atoms with van der Waals surface area (Å²) in [5, 5.41) is 9.18. The zero-order chi connectivity index (χ0) is 26.7. The Labute approximate surface area is 269 Å². The first-order valence-corrected chi connectivity index (χ1v) is 13.6. The second-order valence-corrected chi connectivity index (χ2v) is 17.8. The Morgan fingerprint density at radius 1 is 0.594 bits per heavy atom. The Bertz CT molecular complexity index is 748. The SMILES string of the molecule is C=C(C(=O)O)C(C)C(Cl)(Cl)C(Cl)(Cl)C(Cl)(Cl)C(Cl)(Cl)C(Cl)(Cl)C(Cl)(Cl)C(Cl)(Cl)C(Cl)(Cl)Cl. The summed E-state index contributed by atoms with van der Waals surface area (Å²) in [6.45, 7) is 4.49. The molecule has 0 saturated carbocycles. The molecule has 19 heteroatoms. The van der Waals surface area contributed by atoms with Crippen molar-refractivity contribution in [2.45, 2.75) is 41.0 Å². The molecule has 0 aromatic rings. The van der Waals surface area contributed by atoms with E-state index in [2.05, 4.69) is 6.58 Å². The Morgan fingerprint density at radius 3 is 1.09 bits per heavy atom. The normalized spacial score (nSPS) is 16.7. The lowest BCUT2D eigenvalue weighted by molar-refractivity contribution is -0.133. The molecule has 0 rings (SSSR count). The fourth-order valence-corrected chi connectivity index (χ4v) is 7.26. The van der Waals surface area contributed by atoms with Crippen molar-refractivity contribution >= 4 is 203 Å². The quantitative estimate of drug-likeness (QED) is 0.186. The minimum atomic E-state index is -3.11. The Morgan fingerprint density at radius 2 is 0.844 bits per heavy atom. The minimum absolute atomic E-state index is 0.552. The average Bonchev–Trinajstić information content (AvgIpc) is 2.57. The number of carboxylic acid groups (broad SMARTS) is 1. The molecule has 0 aliphatic carbocycles. The minimum Gasteiger partial charge on any atom is -0.478 e. The highest BCUT2D eigenvalue weighted by molar-refractivity contribution is 6.83.